The zero-order valence-corrected chi connectivity index (χ0v) is 13.3. The number of benzene rings is 1. The molecule has 0 bridgehead atoms. The van der Waals surface area contributed by atoms with E-state index in [2.05, 4.69) is 11.1 Å². The molecule has 2 heterocycles. The molecule has 24 heavy (non-hydrogen) atoms. The molecule has 0 aliphatic heterocycles. The van der Waals surface area contributed by atoms with Crippen LogP contribution in [0.5, 0.6) is 5.75 Å². The number of aromatic nitrogens is 1. The quantitative estimate of drug-likeness (QED) is 0.758. The molecule has 1 aliphatic carbocycles. The molecule has 1 saturated carbocycles. The molecular formula is C19H17NO4. The van der Waals surface area contributed by atoms with E-state index in [0.717, 1.165) is 5.69 Å². The number of rotatable bonds is 5. The second-order valence-electron chi connectivity index (χ2n) is 6.10. The van der Waals surface area contributed by atoms with Gasteiger partial charge in [0.15, 0.2) is 0 Å². The lowest BCUT2D eigenvalue weighted by atomic mass is 10.1. The molecule has 0 radical (unpaired) electrons. The van der Waals surface area contributed by atoms with E-state index in [9.17, 15) is 9.90 Å². The van der Waals surface area contributed by atoms with Gasteiger partial charge in [-0.15, -0.1) is 0 Å². The molecule has 0 atom stereocenters. The number of hydrogen-bond donors (Lipinski definition) is 1. The summed E-state index contributed by atoms with van der Waals surface area (Å²) in [6.45, 7) is 2.03. The molecule has 5 heteroatoms. The molecule has 0 spiro atoms. The number of aryl methyl sites for hydroxylation is 1. The Hall–Kier alpha value is -2.82. The zero-order chi connectivity index (χ0) is 16.7. The van der Waals surface area contributed by atoms with Crippen molar-refractivity contribution in [2.75, 3.05) is 0 Å². The number of ether oxygens (including phenoxy) is 1. The van der Waals surface area contributed by atoms with Gasteiger partial charge in [0, 0.05) is 11.6 Å². The van der Waals surface area contributed by atoms with Gasteiger partial charge in [-0.2, -0.15) is 0 Å². The summed E-state index contributed by atoms with van der Waals surface area (Å²) in [5, 5.41) is 9.90. The Morgan fingerprint density at radius 2 is 2.21 bits per heavy atom. The van der Waals surface area contributed by atoms with Crippen LogP contribution in [0.2, 0.25) is 0 Å². The maximum Gasteiger partial charge on any atom is 0.339 e. The normalized spacial score (nSPS) is 14.0. The van der Waals surface area contributed by atoms with Gasteiger partial charge in [-0.1, -0.05) is 6.07 Å². The van der Waals surface area contributed by atoms with Gasteiger partial charge >= 0.3 is 5.97 Å². The third kappa shape index (κ3) is 2.62. The molecule has 2 aromatic heterocycles. The molecular weight excluding hydrogens is 306 g/mol. The third-order valence-corrected chi connectivity index (χ3v) is 4.37. The van der Waals surface area contributed by atoms with Crippen molar-refractivity contribution in [3.05, 3.63) is 59.1 Å². The van der Waals surface area contributed by atoms with E-state index in [1.165, 1.54) is 18.4 Å². The van der Waals surface area contributed by atoms with Crippen LogP contribution in [0.15, 0.2) is 40.9 Å². The minimum Gasteiger partial charge on any atom is -0.487 e. The van der Waals surface area contributed by atoms with E-state index in [-0.39, 0.29) is 5.56 Å². The Morgan fingerprint density at radius 3 is 2.96 bits per heavy atom. The van der Waals surface area contributed by atoms with Gasteiger partial charge < -0.3 is 14.3 Å². The predicted octanol–water partition coefficient (Wildman–Crippen LogP) is 4.29. The van der Waals surface area contributed by atoms with Gasteiger partial charge in [0.05, 0.1) is 5.69 Å². The highest BCUT2D eigenvalue weighted by atomic mass is 16.5. The number of aromatic carboxylic acids is 1. The second-order valence-corrected chi connectivity index (χ2v) is 6.10. The lowest BCUT2D eigenvalue weighted by molar-refractivity contribution is 0.0697. The van der Waals surface area contributed by atoms with E-state index in [4.69, 9.17) is 9.15 Å². The number of carbonyl (C=O) groups is 1. The van der Waals surface area contributed by atoms with Gasteiger partial charge in [0.25, 0.3) is 0 Å². The van der Waals surface area contributed by atoms with Crippen LogP contribution in [0.3, 0.4) is 0 Å². The molecule has 0 saturated heterocycles. The summed E-state index contributed by atoms with van der Waals surface area (Å²) in [5.41, 5.74) is 2.94. The summed E-state index contributed by atoms with van der Waals surface area (Å²) in [5.74, 6) is 0.618. The first-order valence-electron chi connectivity index (χ1n) is 7.96. The Balaban J connectivity index is 1.61. The van der Waals surface area contributed by atoms with Crippen molar-refractivity contribution in [1.29, 1.82) is 0 Å². The van der Waals surface area contributed by atoms with Gasteiger partial charge in [-0.3, -0.25) is 4.98 Å². The fraction of sp³-hybridized carbons (Fsp3) is 0.263. The van der Waals surface area contributed by atoms with E-state index in [1.54, 1.807) is 31.3 Å². The number of fused-ring (bicyclic) bond motifs is 1. The largest absolute Gasteiger partial charge is 0.487 e. The average Bonchev–Trinajstić information content (AvgIpc) is 3.35. The summed E-state index contributed by atoms with van der Waals surface area (Å²) >= 11 is 0. The number of carboxylic acids is 1. The lowest BCUT2D eigenvalue weighted by Gasteiger charge is -2.09. The van der Waals surface area contributed by atoms with Crippen LogP contribution in [0.4, 0.5) is 0 Å². The van der Waals surface area contributed by atoms with E-state index in [1.807, 2.05) is 6.07 Å². The van der Waals surface area contributed by atoms with E-state index >= 15 is 0 Å². The Bertz CT molecular complexity index is 924. The SMILES string of the molecule is Cc1oc2ccc(OCc3ncccc3C3CC3)cc2c1C(=O)O. The summed E-state index contributed by atoms with van der Waals surface area (Å²) in [6.07, 6.45) is 4.19. The first-order valence-corrected chi connectivity index (χ1v) is 7.96. The van der Waals surface area contributed by atoms with Crippen molar-refractivity contribution in [3.63, 3.8) is 0 Å². The van der Waals surface area contributed by atoms with Crippen LogP contribution in [0.25, 0.3) is 11.0 Å². The number of pyridine rings is 1. The second kappa shape index (κ2) is 5.67. The summed E-state index contributed by atoms with van der Waals surface area (Å²) in [4.78, 5) is 15.8. The van der Waals surface area contributed by atoms with Crippen LogP contribution < -0.4 is 4.74 Å². The van der Waals surface area contributed by atoms with Crippen molar-refractivity contribution in [2.24, 2.45) is 0 Å². The first kappa shape index (κ1) is 14.8. The molecule has 5 nitrogen and oxygen atoms in total. The molecule has 122 valence electrons. The minimum absolute atomic E-state index is 0.187. The topological polar surface area (TPSA) is 72.6 Å². The Morgan fingerprint density at radius 1 is 1.38 bits per heavy atom. The predicted molar refractivity (Wildman–Crippen MR) is 88.5 cm³/mol. The minimum atomic E-state index is -0.996. The van der Waals surface area contributed by atoms with Crippen LogP contribution >= 0.6 is 0 Å². The van der Waals surface area contributed by atoms with Gasteiger partial charge in [-0.25, -0.2) is 4.79 Å². The summed E-state index contributed by atoms with van der Waals surface area (Å²) in [6, 6.07) is 9.31. The van der Waals surface area contributed by atoms with E-state index < -0.39 is 5.97 Å². The van der Waals surface area contributed by atoms with Gasteiger partial charge in [0.2, 0.25) is 0 Å². The Kier molecular flexibility index (Phi) is 3.49. The maximum atomic E-state index is 11.4. The van der Waals surface area contributed by atoms with Crippen molar-refractivity contribution >= 4 is 16.9 Å². The molecule has 1 fully saturated rings. The monoisotopic (exact) mass is 323 g/mol. The highest BCUT2D eigenvalue weighted by Crippen LogP contribution is 2.41. The summed E-state index contributed by atoms with van der Waals surface area (Å²) in [7, 11) is 0. The lowest BCUT2D eigenvalue weighted by Crippen LogP contribution is -2.02. The fourth-order valence-corrected chi connectivity index (χ4v) is 3.04. The van der Waals surface area contributed by atoms with Crippen LogP contribution in [0, 0.1) is 6.92 Å². The van der Waals surface area contributed by atoms with Crippen molar-refractivity contribution in [3.8, 4) is 5.75 Å². The molecule has 1 N–H and O–H groups in total. The number of carboxylic acid groups (broad SMARTS) is 1. The van der Waals surface area contributed by atoms with Crippen molar-refractivity contribution in [2.45, 2.75) is 32.3 Å². The fourth-order valence-electron chi connectivity index (χ4n) is 3.04. The number of furan rings is 1. The highest BCUT2D eigenvalue weighted by molar-refractivity contribution is 6.03. The van der Waals surface area contributed by atoms with Gasteiger partial charge in [0.1, 0.15) is 29.3 Å². The Labute approximate surface area is 138 Å². The highest BCUT2D eigenvalue weighted by Gasteiger charge is 2.26. The molecule has 0 unspecified atom stereocenters. The number of hydrogen-bond acceptors (Lipinski definition) is 4. The van der Waals surface area contributed by atoms with Crippen LogP contribution in [-0.2, 0) is 6.61 Å². The molecule has 0 amide bonds. The van der Waals surface area contributed by atoms with Crippen molar-refractivity contribution < 1.29 is 19.1 Å². The number of nitrogens with zero attached hydrogens (tertiary/aromatic N) is 1. The third-order valence-electron chi connectivity index (χ3n) is 4.37. The zero-order valence-electron chi connectivity index (χ0n) is 13.3. The van der Waals surface area contributed by atoms with Crippen LogP contribution in [-0.4, -0.2) is 16.1 Å². The standard InChI is InChI=1S/C19H17NO4/c1-11-18(19(21)22)15-9-13(6-7-17(15)24-11)23-10-16-14(12-4-5-12)3-2-8-20-16/h2-3,6-9,12H,4-5,10H2,1H3,(H,21,22). The molecule has 1 aliphatic rings. The molecule has 3 aromatic rings. The molecule has 4 rings (SSSR count). The van der Waals surface area contributed by atoms with E-state index in [0.29, 0.717) is 35.0 Å². The maximum absolute atomic E-state index is 11.4. The summed E-state index contributed by atoms with van der Waals surface area (Å²) < 4.78 is 11.4. The van der Waals surface area contributed by atoms with Crippen molar-refractivity contribution in [1.82, 2.24) is 4.98 Å². The smallest absolute Gasteiger partial charge is 0.339 e. The molecule has 1 aromatic carbocycles. The average molecular weight is 323 g/mol. The van der Waals surface area contributed by atoms with Gasteiger partial charge in [-0.05, 0) is 55.5 Å². The first-order chi connectivity index (χ1) is 11.6. The van der Waals surface area contributed by atoms with Crippen LogP contribution in [0.1, 0.15) is 46.1 Å².